The molecule has 0 heterocycles. The number of hydrogen-bond acceptors (Lipinski definition) is 5. The summed E-state index contributed by atoms with van der Waals surface area (Å²) in [5, 5.41) is -1.75. The van der Waals surface area contributed by atoms with Gasteiger partial charge in [-0.25, -0.2) is 12.8 Å². The third-order valence-corrected chi connectivity index (χ3v) is 5.43. The fourth-order valence-electron chi connectivity index (χ4n) is 2.34. The van der Waals surface area contributed by atoms with Crippen LogP contribution < -0.4 is 0 Å². The molecule has 7 heteroatoms. The number of carbonyl (C=O) groups excluding carboxylic acids is 2. The van der Waals surface area contributed by atoms with Gasteiger partial charge in [0.15, 0.2) is 15.6 Å². The molecule has 0 aliphatic heterocycles. The van der Waals surface area contributed by atoms with Crippen molar-refractivity contribution in [1.29, 1.82) is 0 Å². The third kappa shape index (κ3) is 3.10. The van der Waals surface area contributed by atoms with Gasteiger partial charge >= 0.3 is 5.97 Å². The highest BCUT2D eigenvalue weighted by molar-refractivity contribution is 7.93. The van der Waals surface area contributed by atoms with E-state index in [-0.39, 0.29) is 22.3 Å². The van der Waals surface area contributed by atoms with Crippen molar-refractivity contribution < 1.29 is 27.1 Å². The maximum absolute atomic E-state index is 13.8. The van der Waals surface area contributed by atoms with Crippen molar-refractivity contribution in [3.05, 3.63) is 42.2 Å². The van der Waals surface area contributed by atoms with Crippen LogP contribution in [0.25, 0.3) is 10.8 Å². The summed E-state index contributed by atoms with van der Waals surface area (Å²) in [6.07, 6.45) is 0. The van der Waals surface area contributed by atoms with Crippen LogP contribution in [-0.2, 0) is 24.2 Å². The van der Waals surface area contributed by atoms with Gasteiger partial charge in [0.25, 0.3) is 0 Å². The molecule has 5 nitrogen and oxygen atoms in total. The number of sulfone groups is 1. The number of ketones is 1. The summed E-state index contributed by atoms with van der Waals surface area (Å²) in [5.41, 5.74) is 0. The monoisotopic (exact) mass is 338 g/mol. The Bertz CT molecular complexity index is 873. The highest BCUT2D eigenvalue weighted by Crippen LogP contribution is 2.28. The normalized spacial score (nSPS) is 12.8. The summed E-state index contributed by atoms with van der Waals surface area (Å²) in [7, 11) is -4.36. The fourth-order valence-corrected chi connectivity index (χ4v) is 4.09. The van der Waals surface area contributed by atoms with Crippen LogP contribution in [0.4, 0.5) is 4.39 Å². The van der Waals surface area contributed by atoms with Gasteiger partial charge < -0.3 is 4.74 Å². The molecule has 0 N–H and O–H groups in total. The molecule has 2 aromatic rings. The predicted molar refractivity (Wildman–Crippen MR) is 82.2 cm³/mol. The maximum Gasteiger partial charge on any atom is 0.332 e. The molecular formula is C16H15FO5S. The number of halogens is 1. The van der Waals surface area contributed by atoms with E-state index >= 15 is 0 Å². The average Bonchev–Trinajstić information content (AvgIpc) is 2.47. The molecule has 0 radical (unpaired) electrons. The van der Waals surface area contributed by atoms with E-state index in [1.807, 2.05) is 0 Å². The summed E-state index contributed by atoms with van der Waals surface area (Å²) in [6.45, 7) is 2.46. The first-order valence-electron chi connectivity index (χ1n) is 6.89. The quantitative estimate of drug-likeness (QED) is 0.475. The van der Waals surface area contributed by atoms with Gasteiger partial charge in [-0.1, -0.05) is 24.3 Å². The molecule has 0 spiro atoms. The lowest BCUT2D eigenvalue weighted by Crippen LogP contribution is -2.38. The van der Waals surface area contributed by atoms with Crippen molar-refractivity contribution in [2.45, 2.75) is 24.0 Å². The number of Topliss-reactive ketones (excluding diaryl/α,β-unsaturated/α-hetero) is 1. The summed E-state index contributed by atoms with van der Waals surface area (Å²) in [6, 6.07) is 8.02. The Morgan fingerprint density at radius 2 is 1.74 bits per heavy atom. The Balaban J connectivity index is 2.70. The topological polar surface area (TPSA) is 77.5 Å². The van der Waals surface area contributed by atoms with Gasteiger partial charge in [0, 0.05) is 10.8 Å². The molecule has 0 saturated heterocycles. The summed E-state index contributed by atoms with van der Waals surface area (Å²) >= 11 is 0. The van der Waals surface area contributed by atoms with Crippen LogP contribution in [0.15, 0.2) is 41.3 Å². The molecule has 0 bridgehead atoms. The Hall–Kier alpha value is -2.28. The second-order valence-corrected chi connectivity index (χ2v) is 6.88. The zero-order valence-electron chi connectivity index (χ0n) is 12.6. The fraction of sp³-hybridized carbons (Fsp3) is 0.250. The van der Waals surface area contributed by atoms with E-state index in [0.29, 0.717) is 0 Å². The highest BCUT2D eigenvalue weighted by atomic mass is 32.2. The molecule has 1 atom stereocenters. The van der Waals surface area contributed by atoms with E-state index in [0.717, 1.165) is 19.1 Å². The molecule has 23 heavy (non-hydrogen) atoms. The lowest BCUT2D eigenvalue weighted by atomic mass is 10.1. The van der Waals surface area contributed by atoms with Crippen LogP contribution in [0, 0.1) is 5.82 Å². The van der Waals surface area contributed by atoms with Crippen molar-refractivity contribution in [2.75, 3.05) is 6.61 Å². The first kappa shape index (κ1) is 17.1. The van der Waals surface area contributed by atoms with Crippen molar-refractivity contribution in [3.63, 3.8) is 0 Å². The number of rotatable bonds is 5. The van der Waals surface area contributed by atoms with Crippen LogP contribution in [0.1, 0.15) is 13.8 Å². The lowest BCUT2D eigenvalue weighted by molar-refractivity contribution is -0.144. The van der Waals surface area contributed by atoms with E-state index in [2.05, 4.69) is 0 Å². The van der Waals surface area contributed by atoms with Crippen molar-refractivity contribution >= 4 is 32.4 Å². The molecule has 0 amide bonds. The molecular weight excluding hydrogens is 323 g/mol. The minimum Gasteiger partial charge on any atom is -0.465 e. The largest absolute Gasteiger partial charge is 0.465 e. The highest BCUT2D eigenvalue weighted by Gasteiger charge is 2.40. The van der Waals surface area contributed by atoms with E-state index in [9.17, 15) is 22.4 Å². The number of esters is 1. The zero-order valence-corrected chi connectivity index (χ0v) is 13.4. The molecule has 0 saturated carbocycles. The molecule has 0 fully saturated rings. The standard InChI is InChI=1S/C16H15FO5S/c1-3-22-16(19)15(10(2)18)23(20,21)14-9-8-13(17)11-6-4-5-7-12(11)14/h4-9,15H,3H2,1-2H3. The minimum atomic E-state index is -4.36. The van der Waals surface area contributed by atoms with E-state index in [1.54, 1.807) is 12.1 Å². The third-order valence-electron chi connectivity index (χ3n) is 3.32. The van der Waals surface area contributed by atoms with Crippen molar-refractivity contribution in [3.8, 4) is 0 Å². The predicted octanol–water partition coefficient (Wildman–Crippen LogP) is 2.27. The number of ether oxygens (including phenoxy) is 1. The Kier molecular flexibility index (Phi) is 4.79. The molecule has 122 valence electrons. The lowest BCUT2D eigenvalue weighted by Gasteiger charge is -2.15. The van der Waals surface area contributed by atoms with Crippen LogP contribution >= 0.6 is 0 Å². The van der Waals surface area contributed by atoms with Crippen LogP contribution in [0.3, 0.4) is 0 Å². The van der Waals surface area contributed by atoms with Gasteiger partial charge in [0.1, 0.15) is 5.82 Å². The Labute approximate surface area is 133 Å². The van der Waals surface area contributed by atoms with E-state index < -0.39 is 32.7 Å². The maximum atomic E-state index is 13.8. The molecule has 0 aliphatic rings. The van der Waals surface area contributed by atoms with Crippen LogP contribution in [0.5, 0.6) is 0 Å². The molecule has 2 aromatic carbocycles. The minimum absolute atomic E-state index is 0.0533. The van der Waals surface area contributed by atoms with Crippen LogP contribution in [-0.4, -0.2) is 32.0 Å². The van der Waals surface area contributed by atoms with Crippen LogP contribution in [0.2, 0.25) is 0 Å². The Morgan fingerprint density at radius 1 is 1.13 bits per heavy atom. The number of benzene rings is 2. The summed E-state index contributed by atoms with van der Waals surface area (Å²) in [4.78, 5) is 23.4. The van der Waals surface area contributed by atoms with Gasteiger partial charge in [-0.05, 0) is 26.0 Å². The van der Waals surface area contributed by atoms with Gasteiger partial charge in [-0.3, -0.25) is 9.59 Å². The van der Waals surface area contributed by atoms with Gasteiger partial charge in [0.2, 0.25) is 5.25 Å². The van der Waals surface area contributed by atoms with E-state index in [4.69, 9.17) is 4.74 Å². The average molecular weight is 338 g/mol. The van der Waals surface area contributed by atoms with Gasteiger partial charge in [-0.15, -0.1) is 0 Å². The van der Waals surface area contributed by atoms with Gasteiger partial charge in [0.05, 0.1) is 11.5 Å². The summed E-state index contributed by atoms with van der Waals surface area (Å²) < 4.78 is 44.1. The SMILES string of the molecule is CCOC(=O)C(C(C)=O)S(=O)(=O)c1ccc(F)c2ccccc12. The van der Waals surface area contributed by atoms with E-state index in [1.165, 1.54) is 19.1 Å². The van der Waals surface area contributed by atoms with Crippen molar-refractivity contribution in [2.24, 2.45) is 0 Å². The Morgan fingerprint density at radius 3 is 2.30 bits per heavy atom. The first-order valence-corrected chi connectivity index (χ1v) is 8.43. The van der Waals surface area contributed by atoms with Gasteiger partial charge in [-0.2, -0.15) is 0 Å². The molecule has 1 unspecified atom stereocenters. The number of fused-ring (bicyclic) bond motifs is 1. The first-order chi connectivity index (χ1) is 10.8. The van der Waals surface area contributed by atoms with Crippen molar-refractivity contribution in [1.82, 2.24) is 0 Å². The molecule has 0 aliphatic carbocycles. The second kappa shape index (κ2) is 6.45. The summed E-state index contributed by atoms with van der Waals surface area (Å²) in [5.74, 6) is -2.57. The number of carbonyl (C=O) groups is 2. The molecule has 0 aromatic heterocycles. The smallest absolute Gasteiger partial charge is 0.332 e. The molecule has 2 rings (SSSR count). The second-order valence-electron chi connectivity index (χ2n) is 4.88. The zero-order chi connectivity index (χ0) is 17.2. The number of hydrogen-bond donors (Lipinski definition) is 0.